The lowest BCUT2D eigenvalue weighted by molar-refractivity contribution is 0.295. The van der Waals surface area contributed by atoms with Gasteiger partial charge in [0.05, 0.1) is 18.3 Å². The Hall–Kier alpha value is -3.07. The van der Waals surface area contributed by atoms with E-state index < -0.39 is 0 Å². The Morgan fingerprint density at radius 3 is 2.95 bits per heavy atom. The molecule has 0 amide bonds. The predicted octanol–water partition coefficient (Wildman–Crippen LogP) is 1.45. The lowest BCUT2D eigenvalue weighted by Crippen LogP contribution is -2.24. The second-order valence-electron chi connectivity index (χ2n) is 4.41. The number of para-hydroxylation sites is 1. The molecule has 3 aromatic rings. The molecule has 1 aromatic carbocycles. The van der Waals surface area contributed by atoms with Crippen LogP contribution in [0.5, 0.6) is 5.75 Å². The van der Waals surface area contributed by atoms with Crippen LogP contribution in [-0.4, -0.2) is 20.8 Å². The number of nitrogens with zero attached hydrogens (tertiary/aromatic N) is 4. The van der Waals surface area contributed by atoms with E-state index >= 15 is 0 Å². The Morgan fingerprint density at radius 2 is 2.10 bits per heavy atom. The van der Waals surface area contributed by atoms with Crippen molar-refractivity contribution in [2.45, 2.75) is 6.54 Å². The van der Waals surface area contributed by atoms with Crippen molar-refractivity contribution in [2.24, 2.45) is 0 Å². The molecule has 2 aromatic heterocycles. The number of hydrogen-bond donors (Lipinski definition) is 0. The summed E-state index contributed by atoms with van der Waals surface area (Å²) in [6.45, 7) is 0.711. The molecule has 0 unspecified atom stereocenters. The van der Waals surface area contributed by atoms with E-state index in [-0.39, 0.29) is 5.56 Å². The van der Waals surface area contributed by atoms with Gasteiger partial charge in [-0.1, -0.05) is 12.1 Å². The molecule has 3 rings (SSSR count). The van der Waals surface area contributed by atoms with Crippen molar-refractivity contribution in [3.05, 3.63) is 64.8 Å². The lowest BCUT2D eigenvalue weighted by Gasteiger charge is -2.09. The Morgan fingerprint density at radius 1 is 1.24 bits per heavy atom. The maximum Gasteiger partial charge on any atom is 0.276 e. The highest BCUT2D eigenvalue weighted by molar-refractivity contribution is 5.43. The molecule has 0 N–H and O–H groups in total. The second kappa shape index (κ2) is 5.51. The molecular formula is C15H12N4O2. The van der Waals surface area contributed by atoms with Gasteiger partial charge in [-0.15, -0.1) is 0 Å². The van der Waals surface area contributed by atoms with Gasteiger partial charge in [0.25, 0.3) is 5.56 Å². The highest BCUT2D eigenvalue weighted by Gasteiger charge is 2.05. The van der Waals surface area contributed by atoms with E-state index in [9.17, 15) is 4.79 Å². The van der Waals surface area contributed by atoms with Crippen molar-refractivity contribution in [3.63, 3.8) is 0 Å². The van der Waals surface area contributed by atoms with Crippen LogP contribution in [0.4, 0.5) is 0 Å². The van der Waals surface area contributed by atoms with Crippen LogP contribution in [0.15, 0.2) is 53.7 Å². The van der Waals surface area contributed by atoms with Crippen molar-refractivity contribution >= 4 is 5.52 Å². The third-order valence-electron chi connectivity index (χ3n) is 3.14. The Bertz CT molecular complexity index is 873. The molecule has 0 saturated carbocycles. The Labute approximate surface area is 120 Å². The fraction of sp³-hybridized carbons (Fsp3) is 0.133. The SMILES string of the molecule is N#Cc1ccccc1OCCn1ccn2nccc2c1=O. The van der Waals surface area contributed by atoms with Crippen molar-refractivity contribution in [1.29, 1.82) is 5.26 Å². The summed E-state index contributed by atoms with van der Waals surface area (Å²) in [6.07, 6.45) is 4.97. The quantitative estimate of drug-likeness (QED) is 0.725. The molecular weight excluding hydrogens is 268 g/mol. The van der Waals surface area contributed by atoms with Crippen LogP contribution in [-0.2, 0) is 6.54 Å². The lowest BCUT2D eigenvalue weighted by atomic mass is 10.2. The molecule has 0 saturated heterocycles. The van der Waals surface area contributed by atoms with E-state index in [0.29, 0.717) is 30.0 Å². The number of rotatable bonds is 4. The first-order chi connectivity index (χ1) is 10.3. The summed E-state index contributed by atoms with van der Waals surface area (Å²) in [7, 11) is 0. The highest BCUT2D eigenvalue weighted by atomic mass is 16.5. The van der Waals surface area contributed by atoms with Crippen molar-refractivity contribution in [1.82, 2.24) is 14.2 Å². The van der Waals surface area contributed by atoms with Crippen LogP contribution in [0, 0.1) is 11.3 Å². The van der Waals surface area contributed by atoms with Gasteiger partial charge in [0, 0.05) is 12.4 Å². The van der Waals surface area contributed by atoms with E-state index in [1.54, 1.807) is 53.5 Å². The van der Waals surface area contributed by atoms with Gasteiger partial charge in [0.2, 0.25) is 0 Å². The first kappa shape index (κ1) is 12.9. The van der Waals surface area contributed by atoms with E-state index in [2.05, 4.69) is 11.2 Å². The summed E-state index contributed by atoms with van der Waals surface area (Å²) in [6, 6.07) is 10.8. The molecule has 21 heavy (non-hydrogen) atoms. The van der Waals surface area contributed by atoms with E-state index in [1.165, 1.54) is 4.52 Å². The van der Waals surface area contributed by atoms with Crippen LogP contribution in [0.1, 0.15) is 5.56 Å². The Balaban J connectivity index is 1.74. The zero-order valence-corrected chi connectivity index (χ0v) is 11.1. The Kier molecular flexibility index (Phi) is 3.39. The summed E-state index contributed by atoms with van der Waals surface area (Å²) < 4.78 is 8.67. The van der Waals surface area contributed by atoms with E-state index in [0.717, 1.165) is 0 Å². The topological polar surface area (TPSA) is 72.3 Å². The van der Waals surface area contributed by atoms with Gasteiger partial charge in [0.1, 0.15) is 23.9 Å². The smallest absolute Gasteiger partial charge is 0.276 e. The number of nitriles is 1. The minimum Gasteiger partial charge on any atom is -0.490 e. The standard InChI is InChI=1S/C15H12N4O2/c16-11-12-3-1-2-4-14(12)21-10-9-18-7-8-19-13(15(18)20)5-6-17-19/h1-8H,9-10H2. The summed E-state index contributed by atoms with van der Waals surface area (Å²) in [5.74, 6) is 0.526. The van der Waals surface area contributed by atoms with Gasteiger partial charge >= 0.3 is 0 Å². The van der Waals surface area contributed by atoms with Gasteiger partial charge in [-0.25, -0.2) is 4.52 Å². The zero-order chi connectivity index (χ0) is 14.7. The molecule has 104 valence electrons. The maximum absolute atomic E-state index is 12.1. The molecule has 0 fully saturated rings. The molecule has 0 spiro atoms. The minimum atomic E-state index is -0.118. The fourth-order valence-corrected chi connectivity index (χ4v) is 2.08. The summed E-state index contributed by atoms with van der Waals surface area (Å²) in [4.78, 5) is 12.1. The third kappa shape index (κ3) is 2.49. The van der Waals surface area contributed by atoms with Gasteiger partial charge < -0.3 is 9.30 Å². The number of hydrogen-bond acceptors (Lipinski definition) is 4. The average molecular weight is 280 g/mol. The van der Waals surface area contributed by atoms with Crippen LogP contribution in [0.3, 0.4) is 0 Å². The van der Waals surface area contributed by atoms with E-state index in [1.807, 2.05) is 0 Å². The molecule has 6 nitrogen and oxygen atoms in total. The van der Waals surface area contributed by atoms with Crippen LogP contribution >= 0.6 is 0 Å². The fourth-order valence-electron chi connectivity index (χ4n) is 2.08. The highest BCUT2D eigenvalue weighted by Crippen LogP contribution is 2.16. The first-order valence-electron chi connectivity index (χ1n) is 6.44. The zero-order valence-electron chi connectivity index (χ0n) is 11.1. The van der Waals surface area contributed by atoms with Gasteiger partial charge in [-0.3, -0.25) is 4.79 Å². The number of aromatic nitrogens is 3. The number of ether oxygens (including phenoxy) is 1. The van der Waals surface area contributed by atoms with Crippen LogP contribution < -0.4 is 10.3 Å². The summed E-state index contributed by atoms with van der Waals surface area (Å²) in [5.41, 5.74) is 0.887. The molecule has 0 bridgehead atoms. The van der Waals surface area contributed by atoms with E-state index in [4.69, 9.17) is 10.00 Å². The minimum absolute atomic E-state index is 0.118. The maximum atomic E-state index is 12.1. The molecule has 0 radical (unpaired) electrons. The van der Waals surface area contributed by atoms with Gasteiger partial charge in [0.15, 0.2) is 0 Å². The molecule has 0 atom stereocenters. The molecule has 0 aliphatic heterocycles. The van der Waals surface area contributed by atoms with Crippen molar-refractivity contribution in [2.75, 3.05) is 6.61 Å². The number of fused-ring (bicyclic) bond motifs is 1. The molecule has 6 heteroatoms. The van der Waals surface area contributed by atoms with Gasteiger partial charge in [-0.05, 0) is 18.2 Å². The molecule has 0 aliphatic carbocycles. The average Bonchev–Trinajstić information content (AvgIpc) is 2.99. The number of benzene rings is 1. The van der Waals surface area contributed by atoms with Crippen molar-refractivity contribution < 1.29 is 4.74 Å². The second-order valence-corrected chi connectivity index (χ2v) is 4.41. The summed E-state index contributed by atoms with van der Waals surface area (Å²) >= 11 is 0. The normalized spacial score (nSPS) is 10.4. The largest absolute Gasteiger partial charge is 0.490 e. The first-order valence-corrected chi connectivity index (χ1v) is 6.44. The van der Waals surface area contributed by atoms with Crippen LogP contribution in [0.25, 0.3) is 5.52 Å². The predicted molar refractivity (Wildman–Crippen MR) is 76.1 cm³/mol. The molecule has 0 aliphatic rings. The monoisotopic (exact) mass is 280 g/mol. The van der Waals surface area contributed by atoms with Crippen molar-refractivity contribution in [3.8, 4) is 11.8 Å². The molecule has 2 heterocycles. The third-order valence-corrected chi connectivity index (χ3v) is 3.14. The van der Waals surface area contributed by atoms with Crippen LogP contribution in [0.2, 0.25) is 0 Å². The summed E-state index contributed by atoms with van der Waals surface area (Å²) in [5, 5.41) is 13.0. The van der Waals surface area contributed by atoms with Gasteiger partial charge in [-0.2, -0.15) is 10.4 Å².